The van der Waals surface area contributed by atoms with Crippen LogP contribution in [0.2, 0.25) is 0 Å². The molecule has 6 nitrogen and oxygen atoms in total. The van der Waals surface area contributed by atoms with Gasteiger partial charge in [-0.25, -0.2) is 0 Å². The van der Waals surface area contributed by atoms with Gasteiger partial charge in [0.1, 0.15) is 5.75 Å². The largest absolute Gasteiger partial charge is 0.497 e. The number of amides is 3. The van der Waals surface area contributed by atoms with Gasteiger partial charge in [-0.2, -0.15) is 0 Å². The monoisotopic (exact) mass is 340 g/mol. The van der Waals surface area contributed by atoms with Gasteiger partial charge in [-0.3, -0.25) is 19.3 Å². The molecule has 0 atom stereocenters. The van der Waals surface area contributed by atoms with Gasteiger partial charge < -0.3 is 10.1 Å². The van der Waals surface area contributed by atoms with Gasteiger partial charge in [0, 0.05) is 18.0 Å². The van der Waals surface area contributed by atoms with E-state index in [1.807, 2.05) is 24.3 Å². The first-order valence-electron chi connectivity index (χ1n) is 6.61. The first-order valence-corrected chi connectivity index (χ1v) is 8.58. The lowest BCUT2D eigenvalue weighted by Gasteiger charge is -2.13. The Bertz CT molecular complexity index is 546. The average Bonchev–Trinajstić information content (AvgIpc) is 2.85. The SMILES string of the molecule is COc1ccc(SCC(=O)NCCN2C(=O)CSC2=O)cc1. The first-order chi connectivity index (χ1) is 10.6. The number of carbonyl (C=O) groups is 3. The molecule has 1 aliphatic rings. The van der Waals surface area contributed by atoms with Crippen LogP contribution in [0.15, 0.2) is 29.2 Å². The number of hydrogen-bond acceptors (Lipinski definition) is 6. The molecule has 0 bridgehead atoms. The van der Waals surface area contributed by atoms with Crippen molar-refractivity contribution in [3.63, 3.8) is 0 Å². The third kappa shape index (κ3) is 4.67. The molecule has 22 heavy (non-hydrogen) atoms. The summed E-state index contributed by atoms with van der Waals surface area (Å²) in [7, 11) is 1.60. The molecule has 1 fully saturated rings. The van der Waals surface area contributed by atoms with Crippen LogP contribution in [0.25, 0.3) is 0 Å². The predicted molar refractivity (Wildman–Crippen MR) is 86.3 cm³/mol. The summed E-state index contributed by atoms with van der Waals surface area (Å²) >= 11 is 2.41. The molecule has 8 heteroatoms. The maximum Gasteiger partial charge on any atom is 0.288 e. The van der Waals surface area contributed by atoms with Gasteiger partial charge in [-0.1, -0.05) is 11.8 Å². The number of ether oxygens (including phenoxy) is 1. The van der Waals surface area contributed by atoms with Crippen LogP contribution in [-0.2, 0) is 9.59 Å². The summed E-state index contributed by atoms with van der Waals surface area (Å²) in [5.74, 6) is 0.916. The second kappa shape index (κ2) is 8.09. The first kappa shape index (κ1) is 16.7. The number of benzene rings is 1. The molecule has 1 saturated heterocycles. The van der Waals surface area contributed by atoms with Crippen LogP contribution in [0.5, 0.6) is 5.75 Å². The zero-order valence-electron chi connectivity index (χ0n) is 12.0. The van der Waals surface area contributed by atoms with Crippen molar-refractivity contribution >= 4 is 40.6 Å². The van der Waals surface area contributed by atoms with Crippen LogP contribution in [-0.4, -0.2) is 53.7 Å². The summed E-state index contributed by atoms with van der Waals surface area (Å²) in [5.41, 5.74) is 0. The van der Waals surface area contributed by atoms with Crippen molar-refractivity contribution in [3.8, 4) is 5.75 Å². The lowest BCUT2D eigenvalue weighted by atomic mass is 10.3. The van der Waals surface area contributed by atoms with Gasteiger partial charge in [0.2, 0.25) is 11.8 Å². The van der Waals surface area contributed by atoms with Crippen molar-refractivity contribution in [1.29, 1.82) is 0 Å². The normalized spacial score (nSPS) is 14.3. The maximum absolute atomic E-state index is 11.7. The third-order valence-electron chi connectivity index (χ3n) is 2.93. The second-order valence-electron chi connectivity index (χ2n) is 4.41. The molecule has 1 aromatic rings. The van der Waals surface area contributed by atoms with Crippen molar-refractivity contribution in [3.05, 3.63) is 24.3 Å². The quantitative estimate of drug-likeness (QED) is 0.760. The fourth-order valence-electron chi connectivity index (χ4n) is 1.78. The van der Waals surface area contributed by atoms with E-state index in [2.05, 4.69) is 5.32 Å². The van der Waals surface area contributed by atoms with Gasteiger partial charge in [0.25, 0.3) is 5.24 Å². The van der Waals surface area contributed by atoms with Crippen molar-refractivity contribution in [2.24, 2.45) is 0 Å². The number of nitrogens with zero attached hydrogens (tertiary/aromatic N) is 1. The molecule has 1 aliphatic heterocycles. The summed E-state index contributed by atoms with van der Waals surface area (Å²) in [6, 6.07) is 7.44. The van der Waals surface area contributed by atoms with Crippen LogP contribution < -0.4 is 10.1 Å². The Hall–Kier alpha value is -1.67. The van der Waals surface area contributed by atoms with E-state index in [9.17, 15) is 14.4 Å². The van der Waals surface area contributed by atoms with Crippen LogP contribution in [0, 0.1) is 0 Å². The van der Waals surface area contributed by atoms with Gasteiger partial charge in [0.15, 0.2) is 0 Å². The number of thioether (sulfide) groups is 2. The molecule has 3 amide bonds. The third-order valence-corrected chi connectivity index (χ3v) is 4.80. The molecule has 1 heterocycles. The smallest absolute Gasteiger partial charge is 0.288 e. The van der Waals surface area contributed by atoms with E-state index >= 15 is 0 Å². The number of hydrogen-bond donors (Lipinski definition) is 1. The van der Waals surface area contributed by atoms with E-state index in [0.717, 1.165) is 22.4 Å². The van der Waals surface area contributed by atoms with Crippen molar-refractivity contribution in [2.45, 2.75) is 4.90 Å². The fourth-order valence-corrected chi connectivity index (χ4v) is 3.26. The van der Waals surface area contributed by atoms with Gasteiger partial charge in [-0.05, 0) is 24.3 Å². The zero-order valence-corrected chi connectivity index (χ0v) is 13.7. The van der Waals surface area contributed by atoms with Gasteiger partial charge in [0.05, 0.1) is 18.6 Å². The Balaban J connectivity index is 1.67. The summed E-state index contributed by atoms with van der Waals surface area (Å²) in [6.07, 6.45) is 0. The molecule has 1 aromatic carbocycles. The number of methoxy groups -OCH3 is 1. The zero-order chi connectivity index (χ0) is 15.9. The van der Waals surface area contributed by atoms with E-state index in [4.69, 9.17) is 4.74 Å². The molecular formula is C14H16N2O4S2. The Morgan fingerprint density at radius 2 is 2.09 bits per heavy atom. The molecule has 1 N–H and O–H groups in total. The van der Waals surface area contributed by atoms with Gasteiger partial charge in [-0.15, -0.1) is 11.8 Å². The number of nitrogens with one attached hydrogen (secondary N) is 1. The van der Waals surface area contributed by atoms with Crippen LogP contribution in [0.3, 0.4) is 0 Å². The lowest BCUT2D eigenvalue weighted by molar-refractivity contribution is -0.125. The Labute approximate surface area is 136 Å². The summed E-state index contributed by atoms with van der Waals surface area (Å²) in [6.45, 7) is 0.504. The molecule has 0 saturated carbocycles. The summed E-state index contributed by atoms with van der Waals surface area (Å²) in [5, 5.41) is 2.46. The molecule has 118 valence electrons. The highest BCUT2D eigenvalue weighted by Gasteiger charge is 2.29. The number of rotatable bonds is 7. The Morgan fingerprint density at radius 3 is 2.68 bits per heavy atom. The van der Waals surface area contributed by atoms with E-state index in [1.165, 1.54) is 16.7 Å². The van der Waals surface area contributed by atoms with Crippen molar-refractivity contribution in [1.82, 2.24) is 10.2 Å². The molecular weight excluding hydrogens is 324 g/mol. The second-order valence-corrected chi connectivity index (χ2v) is 6.39. The molecule has 0 aliphatic carbocycles. The van der Waals surface area contributed by atoms with Gasteiger partial charge >= 0.3 is 0 Å². The minimum Gasteiger partial charge on any atom is -0.497 e. The summed E-state index contributed by atoms with van der Waals surface area (Å²) < 4.78 is 5.06. The summed E-state index contributed by atoms with van der Waals surface area (Å²) in [4.78, 5) is 36.6. The van der Waals surface area contributed by atoms with Crippen LogP contribution in [0.4, 0.5) is 4.79 Å². The van der Waals surface area contributed by atoms with E-state index in [1.54, 1.807) is 7.11 Å². The van der Waals surface area contributed by atoms with Crippen molar-refractivity contribution < 1.29 is 19.1 Å². The Morgan fingerprint density at radius 1 is 1.36 bits per heavy atom. The number of carbonyl (C=O) groups excluding carboxylic acids is 3. The lowest BCUT2D eigenvalue weighted by Crippen LogP contribution is -2.38. The van der Waals surface area contributed by atoms with Crippen molar-refractivity contribution in [2.75, 3.05) is 31.7 Å². The maximum atomic E-state index is 11.7. The fraction of sp³-hybridized carbons (Fsp3) is 0.357. The Kier molecular flexibility index (Phi) is 6.14. The highest BCUT2D eigenvalue weighted by Crippen LogP contribution is 2.21. The molecule has 0 spiro atoms. The molecule has 2 rings (SSSR count). The van der Waals surface area contributed by atoms with E-state index in [0.29, 0.717) is 0 Å². The molecule has 0 unspecified atom stereocenters. The standard InChI is InChI=1S/C14H16N2O4S2/c1-20-10-2-4-11(5-3-10)21-8-12(17)15-6-7-16-13(18)9-22-14(16)19/h2-5H,6-9H2,1H3,(H,15,17). The molecule has 0 aromatic heterocycles. The minimum absolute atomic E-state index is 0.132. The average molecular weight is 340 g/mol. The predicted octanol–water partition coefficient (Wildman–Crippen LogP) is 1.60. The minimum atomic E-state index is -0.244. The van der Waals surface area contributed by atoms with Crippen LogP contribution >= 0.6 is 23.5 Å². The van der Waals surface area contributed by atoms with E-state index in [-0.39, 0.29) is 41.6 Å². The number of imide groups is 1. The highest BCUT2D eigenvalue weighted by atomic mass is 32.2. The highest BCUT2D eigenvalue weighted by molar-refractivity contribution is 8.14. The topological polar surface area (TPSA) is 75.7 Å². The van der Waals surface area contributed by atoms with Crippen LogP contribution in [0.1, 0.15) is 0 Å². The van der Waals surface area contributed by atoms with E-state index < -0.39 is 0 Å². The molecule has 0 radical (unpaired) electrons.